The fraction of sp³-hybridized carbons (Fsp3) is 0.444. The number of hydrogen-bond acceptors (Lipinski definition) is 8. The third-order valence-electron chi connectivity index (χ3n) is 6.12. The van der Waals surface area contributed by atoms with Crippen molar-refractivity contribution in [2.75, 3.05) is 46.8 Å². The SMILES string of the molecule is CN1CCCN(Cc2ccc(-c3cccc(CN(C)CC(N)=O)c3)cc2)CC1.O=C(O)C(O)C(O)C(=O)O. The fourth-order valence-corrected chi connectivity index (χ4v) is 4.07. The highest BCUT2D eigenvalue weighted by Gasteiger charge is 2.29. The lowest BCUT2D eigenvalue weighted by molar-refractivity contribution is -0.165. The number of carbonyl (C=O) groups is 3. The maximum Gasteiger partial charge on any atom is 0.335 e. The third kappa shape index (κ3) is 10.6. The Hall–Kier alpha value is -3.35. The van der Waals surface area contributed by atoms with Crippen LogP contribution in [0.2, 0.25) is 0 Å². The molecule has 2 aromatic carbocycles. The summed E-state index contributed by atoms with van der Waals surface area (Å²) >= 11 is 0. The molecule has 2 atom stereocenters. The van der Waals surface area contributed by atoms with E-state index in [4.69, 9.17) is 26.2 Å². The second-order valence-electron chi connectivity index (χ2n) is 9.54. The summed E-state index contributed by atoms with van der Waals surface area (Å²) in [4.78, 5) is 37.5. The van der Waals surface area contributed by atoms with Crippen molar-refractivity contribution in [2.45, 2.75) is 31.7 Å². The molecule has 1 aliphatic rings. The van der Waals surface area contributed by atoms with Crippen LogP contribution in [0.15, 0.2) is 48.5 Å². The van der Waals surface area contributed by atoms with Gasteiger partial charge < -0.3 is 31.1 Å². The maximum atomic E-state index is 11.1. The predicted molar refractivity (Wildman–Crippen MR) is 142 cm³/mol. The zero-order valence-electron chi connectivity index (χ0n) is 21.9. The van der Waals surface area contributed by atoms with Gasteiger partial charge in [0.2, 0.25) is 5.91 Å². The van der Waals surface area contributed by atoms with E-state index < -0.39 is 24.1 Å². The first kappa shape index (κ1) is 30.9. The highest BCUT2D eigenvalue weighted by atomic mass is 16.4. The molecule has 1 heterocycles. The van der Waals surface area contributed by atoms with Crippen LogP contribution in [-0.2, 0) is 27.5 Å². The first-order valence-electron chi connectivity index (χ1n) is 12.3. The van der Waals surface area contributed by atoms with Gasteiger partial charge in [-0.1, -0.05) is 42.5 Å². The van der Waals surface area contributed by atoms with Crippen molar-refractivity contribution >= 4 is 17.8 Å². The molecule has 0 radical (unpaired) electrons. The van der Waals surface area contributed by atoms with Crippen LogP contribution >= 0.6 is 0 Å². The van der Waals surface area contributed by atoms with Crippen LogP contribution in [0.25, 0.3) is 11.1 Å². The highest BCUT2D eigenvalue weighted by molar-refractivity contribution is 5.83. The average molecular weight is 531 g/mol. The lowest BCUT2D eigenvalue weighted by Gasteiger charge is -2.20. The number of hydrogen-bond donors (Lipinski definition) is 5. The number of carboxylic acid groups (broad SMARTS) is 2. The molecule has 208 valence electrons. The van der Waals surface area contributed by atoms with E-state index in [9.17, 15) is 14.4 Å². The topological polar surface area (TPSA) is 168 Å². The standard InChI is InChI=1S/C23H32N4O.C4H6O6/c1-25-11-4-12-27(14-13-25)17-19-7-9-21(10-8-19)22-6-3-5-20(15-22)16-26(2)18-23(24)28;5-1(3(7)8)2(6)4(9)10/h3,5-10,15H,4,11-14,16-18H2,1-2H3,(H2,24,28);1-2,5-6H,(H,7,8)(H,9,10). The van der Waals surface area contributed by atoms with Crippen LogP contribution in [0, 0.1) is 0 Å². The van der Waals surface area contributed by atoms with Crippen molar-refractivity contribution in [3.63, 3.8) is 0 Å². The van der Waals surface area contributed by atoms with Gasteiger partial charge in [-0.05, 0) is 61.9 Å². The Balaban J connectivity index is 0.000000432. The predicted octanol–water partition coefficient (Wildman–Crippen LogP) is 0.286. The van der Waals surface area contributed by atoms with Gasteiger partial charge in [0.15, 0.2) is 12.2 Å². The van der Waals surface area contributed by atoms with Crippen LogP contribution in [0.5, 0.6) is 0 Å². The van der Waals surface area contributed by atoms with E-state index >= 15 is 0 Å². The van der Waals surface area contributed by atoms with E-state index in [-0.39, 0.29) is 12.5 Å². The van der Waals surface area contributed by atoms with E-state index in [0.29, 0.717) is 6.54 Å². The Morgan fingerprint density at radius 1 is 0.895 bits per heavy atom. The molecule has 1 fully saturated rings. The molecule has 6 N–H and O–H groups in total. The van der Waals surface area contributed by atoms with Gasteiger partial charge in [-0.2, -0.15) is 0 Å². The van der Waals surface area contributed by atoms with Crippen LogP contribution in [-0.4, -0.2) is 112 Å². The van der Waals surface area contributed by atoms with Gasteiger partial charge in [-0.15, -0.1) is 0 Å². The summed E-state index contributed by atoms with van der Waals surface area (Å²) < 4.78 is 0. The highest BCUT2D eigenvalue weighted by Crippen LogP contribution is 2.22. The summed E-state index contributed by atoms with van der Waals surface area (Å²) in [7, 11) is 4.12. The van der Waals surface area contributed by atoms with Gasteiger partial charge in [0, 0.05) is 26.2 Å². The Kier molecular flexibility index (Phi) is 12.3. The summed E-state index contributed by atoms with van der Waals surface area (Å²) in [5, 5.41) is 32.5. The largest absolute Gasteiger partial charge is 0.479 e. The van der Waals surface area contributed by atoms with Crippen molar-refractivity contribution in [1.29, 1.82) is 0 Å². The zero-order valence-corrected chi connectivity index (χ0v) is 21.9. The molecule has 1 saturated heterocycles. The third-order valence-corrected chi connectivity index (χ3v) is 6.12. The van der Waals surface area contributed by atoms with Gasteiger partial charge in [-0.25, -0.2) is 9.59 Å². The van der Waals surface area contributed by atoms with Crippen LogP contribution in [0.3, 0.4) is 0 Å². The number of carbonyl (C=O) groups excluding carboxylic acids is 1. The minimum Gasteiger partial charge on any atom is -0.479 e. The van der Waals surface area contributed by atoms with Gasteiger partial charge in [0.25, 0.3) is 0 Å². The van der Waals surface area contributed by atoms with Gasteiger partial charge in [0.1, 0.15) is 0 Å². The number of benzene rings is 2. The fourth-order valence-electron chi connectivity index (χ4n) is 4.07. The van der Waals surface area contributed by atoms with Crippen molar-refractivity contribution in [3.8, 4) is 11.1 Å². The smallest absolute Gasteiger partial charge is 0.335 e. The van der Waals surface area contributed by atoms with E-state index in [1.807, 2.05) is 11.9 Å². The molecule has 0 spiro atoms. The monoisotopic (exact) mass is 530 g/mol. The van der Waals surface area contributed by atoms with Gasteiger partial charge in [0.05, 0.1) is 6.54 Å². The van der Waals surface area contributed by atoms with Crippen LogP contribution in [0.4, 0.5) is 0 Å². The normalized spacial score (nSPS) is 16.1. The zero-order chi connectivity index (χ0) is 28.2. The van der Waals surface area contributed by atoms with Crippen LogP contribution in [0.1, 0.15) is 17.5 Å². The number of aliphatic carboxylic acids is 2. The number of aliphatic hydroxyl groups excluding tert-OH is 2. The number of likely N-dealkylation sites (N-methyl/N-ethyl adjacent to an activating group) is 2. The second-order valence-corrected chi connectivity index (χ2v) is 9.54. The molecule has 1 aliphatic heterocycles. The molecule has 0 bridgehead atoms. The molecule has 1 amide bonds. The molecule has 38 heavy (non-hydrogen) atoms. The van der Waals surface area contributed by atoms with Crippen molar-refractivity contribution in [3.05, 3.63) is 59.7 Å². The van der Waals surface area contributed by atoms with E-state index in [1.54, 1.807) is 0 Å². The lowest BCUT2D eigenvalue weighted by Crippen LogP contribution is -2.39. The number of carboxylic acids is 2. The van der Waals surface area contributed by atoms with Crippen molar-refractivity contribution in [1.82, 2.24) is 14.7 Å². The minimum absolute atomic E-state index is 0.269. The summed E-state index contributed by atoms with van der Waals surface area (Å²) in [5.41, 5.74) is 10.2. The molecule has 0 saturated carbocycles. The molecular weight excluding hydrogens is 492 g/mol. The molecular formula is C27H38N4O7. The number of nitrogens with zero attached hydrogens (tertiary/aromatic N) is 3. The summed E-state index contributed by atoms with van der Waals surface area (Å²) in [6.07, 6.45) is -3.29. The molecule has 0 aliphatic carbocycles. The van der Waals surface area contributed by atoms with E-state index in [0.717, 1.165) is 19.6 Å². The molecule has 2 unspecified atom stereocenters. The molecule has 11 heteroatoms. The van der Waals surface area contributed by atoms with Crippen molar-refractivity contribution < 1.29 is 34.8 Å². The van der Waals surface area contributed by atoms with Gasteiger partial charge in [-0.3, -0.25) is 14.6 Å². The minimum atomic E-state index is -2.27. The number of nitrogens with two attached hydrogens (primary N) is 1. The summed E-state index contributed by atoms with van der Waals surface area (Å²) in [6.45, 7) is 6.65. The molecule has 11 nitrogen and oxygen atoms in total. The molecule has 3 rings (SSSR count). The van der Waals surface area contributed by atoms with Crippen molar-refractivity contribution in [2.24, 2.45) is 5.73 Å². The Morgan fingerprint density at radius 2 is 1.53 bits per heavy atom. The lowest BCUT2D eigenvalue weighted by atomic mass is 10.0. The molecule has 2 aromatic rings. The first-order valence-corrected chi connectivity index (χ1v) is 12.3. The Morgan fingerprint density at radius 3 is 2.11 bits per heavy atom. The summed E-state index contributed by atoms with van der Waals surface area (Å²) in [6, 6.07) is 17.4. The number of amides is 1. The Labute approximate surface area is 222 Å². The Bertz CT molecular complexity index is 1050. The number of aliphatic hydroxyl groups is 2. The van der Waals surface area contributed by atoms with E-state index in [1.165, 1.54) is 41.8 Å². The second kappa shape index (κ2) is 15.2. The average Bonchev–Trinajstić information content (AvgIpc) is 3.07. The van der Waals surface area contributed by atoms with Crippen LogP contribution < -0.4 is 5.73 Å². The molecule has 0 aromatic heterocycles. The van der Waals surface area contributed by atoms with Gasteiger partial charge >= 0.3 is 11.9 Å². The first-order chi connectivity index (χ1) is 18.0. The summed E-state index contributed by atoms with van der Waals surface area (Å²) in [5.74, 6) is -3.84. The maximum absolute atomic E-state index is 11.1. The quantitative estimate of drug-likeness (QED) is 0.288. The number of rotatable bonds is 10. The number of primary amides is 1. The van der Waals surface area contributed by atoms with E-state index in [2.05, 4.69) is 65.4 Å².